The molecule has 1 aromatic carbocycles. The van der Waals surface area contributed by atoms with Crippen LogP contribution in [0.3, 0.4) is 0 Å². The number of carbonyl (C=O) groups excluding carboxylic acids is 1. The lowest BCUT2D eigenvalue weighted by atomic mass is 10.2. The molecule has 1 aromatic heterocycles. The highest BCUT2D eigenvalue weighted by atomic mass is 32.1. The minimum atomic E-state index is -0.508. The second-order valence-electron chi connectivity index (χ2n) is 5.32. The van der Waals surface area contributed by atoms with Crippen LogP contribution in [0.25, 0.3) is 0 Å². The summed E-state index contributed by atoms with van der Waals surface area (Å²) in [6.45, 7) is 0.444. The lowest BCUT2D eigenvalue weighted by Crippen LogP contribution is -2.32. The molecule has 1 aliphatic rings. The number of tetrazole rings is 1. The highest BCUT2D eigenvalue weighted by molar-refractivity contribution is 7.81. The van der Waals surface area contributed by atoms with Crippen molar-refractivity contribution in [3.8, 4) is 0 Å². The normalized spacial score (nSPS) is 20.1. The number of non-ortho nitro benzene ring substituents is 1. The van der Waals surface area contributed by atoms with Gasteiger partial charge in [-0.3, -0.25) is 15.0 Å². The van der Waals surface area contributed by atoms with Crippen LogP contribution in [-0.4, -0.2) is 48.3 Å². The van der Waals surface area contributed by atoms with E-state index in [1.165, 1.54) is 17.0 Å². The number of hydrogen-bond donors (Lipinski definition) is 2. The number of aromatic nitrogens is 4. The summed E-state index contributed by atoms with van der Waals surface area (Å²) in [5, 5.41) is 24.2. The third-order valence-corrected chi connectivity index (χ3v) is 4.07. The van der Waals surface area contributed by atoms with E-state index in [1.54, 1.807) is 12.1 Å². The fourth-order valence-corrected chi connectivity index (χ4v) is 2.90. The average molecular weight is 350 g/mol. The fraction of sp³-hybridized carbons (Fsp3) is 0.385. The summed E-state index contributed by atoms with van der Waals surface area (Å²) in [5.74, 6) is 0.485. The second-order valence-corrected chi connectivity index (χ2v) is 6.05. The van der Waals surface area contributed by atoms with Gasteiger partial charge < -0.3 is 4.74 Å². The summed E-state index contributed by atoms with van der Waals surface area (Å²) in [7, 11) is 0. The zero-order valence-electron chi connectivity index (χ0n) is 12.4. The van der Waals surface area contributed by atoms with Crippen molar-refractivity contribution in [2.75, 3.05) is 6.54 Å². The number of ether oxygens (including phenoxy) is 1. The highest BCUT2D eigenvalue weighted by Crippen LogP contribution is 2.32. The third-order valence-electron chi connectivity index (χ3n) is 3.70. The molecular weight excluding hydrogens is 336 g/mol. The van der Waals surface area contributed by atoms with Gasteiger partial charge in [-0.05, 0) is 34.5 Å². The van der Waals surface area contributed by atoms with Crippen LogP contribution in [0.1, 0.15) is 23.9 Å². The first-order chi connectivity index (χ1) is 11.5. The van der Waals surface area contributed by atoms with Crippen LogP contribution in [0.15, 0.2) is 24.3 Å². The molecule has 0 aliphatic carbocycles. The monoisotopic (exact) mass is 350 g/mol. The predicted molar refractivity (Wildman–Crippen MR) is 84.3 cm³/mol. The van der Waals surface area contributed by atoms with Crippen molar-refractivity contribution in [1.29, 1.82) is 0 Å². The van der Waals surface area contributed by atoms with Crippen LogP contribution in [0.4, 0.5) is 10.5 Å². The predicted octanol–water partition coefficient (Wildman–Crippen LogP) is 1.49. The van der Waals surface area contributed by atoms with Gasteiger partial charge in [-0.25, -0.2) is 9.89 Å². The number of aromatic amines is 1. The van der Waals surface area contributed by atoms with Gasteiger partial charge in [0.15, 0.2) is 5.82 Å². The number of carbonyl (C=O) groups is 1. The smallest absolute Gasteiger partial charge is 0.410 e. The molecule has 0 unspecified atom stereocenters. The molecule has 0 bridgehead atoms. The van der Waals surface area contributed by atoms with E-state index in [2.05, 4.69) is 33.3 Å². The zero-order chi connectivity index (χ0) is 17.1. The Balaban J connectivity index is 1.62. The van der Waals surface area contributed by atoms with Crippen LogP contribution in [-0.2, 0) is 11.3 Å². The van der Waals surface area contributed by atoms with Crippen molar-refractivity contribution in [1.82, 2.24) is 25.5 Å². The first kappa shape index (κ1) is 16.2. The highest BCUT2D eigenvalue weighted by Gasteiger charge is 2.37. The van der Waals surface area contributed by atoms with Gasteiger partial charge in [-0.1, -0.05) is 0 Å². The molecule has 3 rings (SSSR count). The Kier molecular flexibility index (Phi) is 4.60. The van der Waals surface area contributed by atoms with Crippen molar-refractivity contribution >= 4 is 24.4 Å². The lowest BCUT2D eigenvalue weighted by molar-refractivity contribution is -0.384. The molecule has 24 heavy (non-hydrogen) atoms. The summed E-state index contributed by atoms with van der Waals surface area (Å²) in [6.07, 6.45) is 0.110. The molecule has 2 atom stereocenters. The van der Waals surface area contributed by atoms with E-state index in [4.69, 9.17) is 4.74 Å². The molecule has 1 saturated heterocycles. The number of likely N-dealkylation sites (tertiary alicyclic amines) is 1. The minimum Gasteiger partial charge on any atom is -0.445 e. The molecule has 2 heterocycles. The van der Waals surface area contributed by atoms with Crippen LogP contribution in [0.5, 0.6) is 0 Å². The Morgan fingerprint density at radius 3 is 2.83 bits per heavy atom. The topological polar surface area (TPSA) is 127 Å². The maximum Gasteiger partial charge on any atom is 0.410 e. The Bertz CT molecular complexity index is 723. The number of nitrogens with zero attached hydrogens (tertiary/aromatic N) is 5. The molecule has 126 valence electrons. The zero-order valence-corrected chi connectivity index (χ0v) is 13.3. The Hall–Kier alpha value is -2.69. The SMILES string of the molecule is O=C(OCc1ccc([N+](=O)[O-])cc1)N1C[C@@H](S)C[C@H]1c1nnn[nH]1. The van der Waals surface area contributed by atoms with Crippen molar-refractivity contribution in [2.45, 2.75) is 24.3 Å². The Morgan fingerprint density at radius 2 is 2.21 bits per heavy atom. The standard InChI is InChI=1S/C13H14N6O4S/c20-13(23-7-8-1-3-9(4-2-8)19(21)22)18-6-10(24)5-11(18)12-14-16-17-15-12/h1-4,10-11,24H,5-7H2,(H,14,15,16,17)/t10-,11-/m0/s1. The Labute approximate surface area is 141 Å². The van der Waals surface area contributed by atoms with Gasteiger partial charge in [-0.2, -0.15) is 12.6 Å². The van der Waals surface area contributed by atoms with E-state index < -0.39 is 11.0 Å². The molecule has 1 amide bonds. The molecule has 1 fully saturated rings. The quantitative estimate of drug-likeness (QED) is 0.486. The van der Waals surface area contributed by atoms with Gasteiger partial charge in [-0.15, -0.1) is 5.10 Å². The van der Waals surface area contributed by atoms with E-state index in [0.717, 1.165) is 0 Å². The summed E-state index contributed by atoms with van der Waals surface area (Å²) in [4.78, 5) is 24.0. The van der Waals surface area contributed by atoms with Gasteiger partial charge in [0.1, 0.15) is 6.61 Å². The van der Waals surface area contributed by atoms with Crippen molar-refractivity contribution in [2.24, 2.45) is 0 Å². The summed E-state index contributed by atoms with van der Waals surface area (Å²) < 4.78 is 5.29. The van der Waals surface area contributed by atoms with Crippen molar-refractivity contribution in [3.05, 3.63) is 45.8 Å². The van der Waals surface area contributed by atoms with Gasteiger partial charge in [0.2, 0.25) is 0 Å². The molecule has 0 radical (unpaired) electrons. The number of hydrogen-bond acceptors (Lipinski definition) is 8. The van der Waals surface area contributed by atoms with E-state index >= 15 is 0 Å². The molecule has 10 nitrogen and oxygen atoms in total. The molecular formula is C13H14N6O4S. The lowest BCUT2D eigenvalue weighted by Gasteiger charge is -2.21. The minimum absolute atomic E-state index is 0.00650. The molecule has 11 heteroatoms. The number of benzene rings is 1. The maximum atomic E-state index is 12.3. The number of amides is 1. The van der Waals surface area contributed by atoms with Crippen LogP contribution >= 0.6 is 12.6 Å². The summed E-state index contributed by atoms with van der Waals surface area (Å²) in [5.41, 5.74) is 0.647. The molecule has 1 N–H and O–H groups in total. The van der Waals surface area contributed by atoms with Gasteiger partial charge in [0.25, 0.3) is 5.69 Å². The van der Waals surface area contributed by atoms with Gasteiger partial charge >= 0.3 is 6.09 Å². The maximum absolute atomic E-state index is 12.3. The summed E-state index contributed by atoms with van der Waals surface area (Å²) in [6, 6.07) is 5.52. The average Bonchev–Trinajstić information content (AvgIpc) is 3.22. The van der Waals surface area contributed by atoms with E-state index in [1.807, 2.05) is 0 Å². The van der Waals surface area contributed by atoms with Crippen LogP contribution in [0, 0.1) is 10.1 Å². The van der Waals surface area contributed by atoms with E-state index in [-0.39, 0.29) is 23.6 Å². The van der Waals surface area contributed by atoms with Crippen LogP contribution < -0.4 is 0 Å². The number of thiol groups is 1. The van der Waals surface area contributed by atoms with Crippen molar-refractivity contribution < 1.29 is 14.5 Å². The van der Waals surface area contributed by atoms with Crippen LogP contribution in [0.2, 0.25) is 0 Å². The second kappa shape index (κ2) is 6.83. The molecule has 0 spiro atoms. The first-order valence-electron chi connectivity index (χ1n) is 7.13. The molecule has 1 aliphatic heterocycles. The summed E-state index contributed by atoms with van der Waals surface area (Å²) >= 11 is 4.41. The fourth-order valence-electron chi connectivity index (χ4n) is 2.52. The largest absolute Gasteiger partial charge is 0.445 e. The molecule has 0 saturated carbocycles. The van der Waals surface area contributed by atoms with E-state index in [0.29, 0.717) is 24.4 Å². The number of nitro benzene ring substituents is 1. The van der Waals surface area contributed by atoms with Gasteiger partial charge in [0.05, 0.1) is 11.0 Å². The van der Waals surface area contributed by atoms with E-state index in [9.17, 15) is 14.9 Å². The number of nitrogens with one attached hydrogen (secondary N) is 1. The number of nitro groups is 1. The third kappa shape index (κ3) is 3.45. The van der Waals surface area contributed by atoms with Gasteiger partial charge in [0, 0.05) is 23.9 Å². The van der Waals surface area contributed by atoms with Crippen molar-refractivity contribution in [3.63, 3.8) is 0 Å². The first-order valence-corrected chi connectivity index (χ1v) is 7.64. The number of rotatable bonds is 4. The number of H-pyrrole nitrogens is 1. The molecule has 2 aromatic rings. The Morgan fingerprint density at radius 1 is 1.46 bits per heavy atom.